The Balaban J connectivity index is 1.65. The normalized spacial score (nSPS) is 20.0. The fourth-order valence-corrected chi connectivity index (χ4v) is 4.65. The number of benzene rings is 1. The Labute approximate surface area is 155 Å². The summed E-state index contributed by atoms with van der Waals surface area (Å²) in [7, 11) is -3.94. The lowest BCUT2D eigenvalue weighted by Crippen LogP contribution is -2.48. The highest BCUT2D eigenvalue weighted by Crippen LogP contribution is 2.33. The van der Waals surface area contributed by atoms with Crippen LogP contribution < -0.4 is 9.50 Å². The number of amides is 3. The Morgan fingerprint density at radius 1 is 1.16 bits per heavy atom. The number of para-hydroxylation sites is 1. The van der Waals surface area contributed by atoms with Crippen molar-refractivity contribution in [1.82, 2.24) is 10.2 Å². The molecular formula is C16H19BrN2O5S. The predicted molar refractivity (Wildman–Crippen MR) is 94.6 cm³/mol. The summed E-state index contributed by atoms with van der Waals surface area (Å²) in [5.74, 6) is -0.611. The molecule has 1 aromatic carbocycles. The summed E-state index contributed by atoms with van der Waals surface area (Å²) < 4.78 is 29.9. The van der Waals surface area contributed by atoms with E-state index < -0.39 is 27.4 Å². The van der Waals surface area contributed by atoms with E-state index >= 15 is 0 Å². The van der Waals surface area contributed by atoms with Gasteiger partial charge in [-0.15, -0.1) is 0 Å². The van der Waals surface area contributed by atoms with E-state index in [4.69, 9.17) is 4.18 Å². The van der Waals surface area contributed by atoms with Crippen molar-refractivity contribution in [3.05, 3.63) is 28.7 Å². The second-order valence-electron chi connectivity index (χ2n) is 6.31. The zero-order valence-corrected chi connectivity index (χ0v) is 15.9. The average molecular weight is 431 g/mol. The monoisotopic (exact) mass is 430 g/mol. The number of rotatable bonds is 5. The van der Waals surface area contributed by atoms with E-state index in [1.54, 1.807) is 18.2 Å². The van der Waals surface area contributed by atoms with Crippen LogP contribution in [0.5, 0.6) is 5.75 Å². The number of imide groups is 1. The first-order chi connectivity index (χ1) is 11.8. The highest BCUT2D eigenvalue weighted by atomic mass is 79.9. The number of carbonyl (C=O) groups excluding carboxylic acids is 2. The van der Waals surface area contributed by atoms with Crippen LogP contribution in [0.3, 0.4) is 0 Å². The van der Waals surface area contributed by atoms with Gasteiger partial charge in [0.2, 0.25) is 0 Å². The molecule has 2 aliphatic rings. The summed E-state index contributed by atoms with van der Waals surface area (Å²) in [6, 6.07) is 6.05. The van der Waals surface area contributed by atoms with E-state index in [2.05, 4.69) is 21.2 Å². The van der Waals surface area contributed by atoms with Crippen LogP contribution in [0.2, 0.25) is 0 Å². The number of hydrogen-bond donors (Lipinski definition) is 1. The number of halogens is 1. The van der Waals surface area contributed by atoms with Crippen molar-refractivity contribution in [2.24, 2.45) is 0 Å². The molecule has 136 valence electrons. The molecule has 7 nitrogen and oxygen atoms in total. The van der Waals surface area contributed by atoms with E-state index in [1.165, 1.54) is 6.07 Å². The standard InChI is InChI=1S/C16H19BrN2O5S/c17-12-6-2-3-7-13(12)24-25(22,23)11-10-19-14(20)16(18-15(19)21)8-4-1-5-9-16/h2-3,6-7H,1,4-5,8-11H2,(H,18,21). The second-order valence-corrected chi connectivity index (χ2v) is 8.85. The van der Waals surface area contributed by atoms with Gasteiger partial charge in [0, 0.05) is 6.54 Å². The van der Waals surface area contributed by atoms with Gasteiger partial charge in [-0.25, -0.2) is 4.79 Å². The molecule has 1 saturated carbocycles. The summed E-state index contributed by atoms with van der Waals surface area (Å²) in [5.41, 5.74) is -0.845. The van der Waals surface area contributed by atoms with E-state index in [9.17, 15) is 18.0 Å². The molecule has 0 aromatic heterocycles. The fourth-order valence-electron chi connectivity index (χ4n) is 3.27. The number of carbonyl (C=O) groups is 2. The van der Waals surface area contributed by atoms with Gasteiger partial charge in [-0.05, 0) is 40.9 Å². The predicted octanol–water partition coefficient (Wildman–Crippen LogP) is 2.41. The van der Waals surface area contributed by atoms with Gasteiger partial charge in [0.1, 0.15) is 11.3 Å². The number of nitrogens with zero attached hydrogens (tertiary/aromatic N) is 1. The molecule has 2 fully saturated rings. The molecule has 25 heavy (non-hydrogen) atoms. The molecule has 0 bridgehead atoms. The van der Waals surface area contributed by atoms with E-state index in [-0.39, 0.29) is 18.2 Å². The van der Waals surface area contributed by atoms with Gasteiger partial charge in [-0.3, -0.25) is 9.69 Å². The molecule has 1 N–H and O–H groups in total. The highest BCUT2D eigenvalue weighted by molar-refractivity contribution is 9.10. The van der Waals surface area contributed by atoms with Crippen molar-refractivity contribution in [3.63, 3.8) is 0 Å². The van der Waals surface area contributed by atoms with E-state index in [0.717, 1.165) is 24.2 Å². The van der Waals surface area contributed by atoms with Crippen LogP contribution >= 0.6 is 15.9 Å². The van der Waals surface area contributed by atoms with Gasteiger partial charge in [-0.1, -0.05) is 31.4 Å². The molecule has 1 saturated heterocycles. The van der Waals surface area contributed by atoms with Crippen LogP contribution in [0, 0.1) is 0 Å². The Kier molecular flexibility index (Phi) is 5.06. The topological polar surface area (TPSA) is 92.8 Å². The van der Waals surface area contributed by atoms with Crippen molar-refractivity contribution >= 4 is 38.0 Å². The highest BCUT2D eigenvalue weighted by Gasteiger charge is 2.51. The molecule has 1 aromatic rings. The molecule has 1 aliphatic carbocycles. The van der Waals surface area contributed by atoms with Crippen molar-refractivity contribution in [2.45, 2.75) is 37.6 Å². The molecular weight excluding hydrogens is 412 g/mol. The Bertz CT molecular complexity index is 789. The first-order valence-electron chi connectivity index (χ1n) is 8.14. The molecule has 1 aliphatic heterocycles. The fraction of sp³-hybridized carbons (Fsp3) is 0.500. The van der Waals surface area contributed by atoms with Crippen molar-refractivity contribution in [3.8, 4) is 5.75 Å². The minimum absolute atomic E-state index is 0.170. The molecule has 3 rings (SSSR count). The third-order valence-corrected chi connectivity index (χ3v) is 6.34. The van der Waals surface area contributed by atoms with Crippen molar-refractivity contribution in [2.75, 3.05) is 12.3 Å². The smallest absolute Gasteiger partial charge is 0.325 e. The third-order valence-electron chi connectivity index (χ3n) is 4.57. The minimum atomic E-state index is -3.94. The lowest BCUT2D eigenvalue weighted by Gasteiger charge is -2.30. The minimum Gasteiger partial charge on any atom is -0.381 e. The average Bonchev–Trinajstić information content (AvgIpc) is 2.79. The van der Waals surface area contributed by atoms with Crippen molar-refractivity contribution in [1.29, 1.82) is 0 Å². The number of hydrogen-bond acceptors (Lipinski definition) is 5. The van der Waals surface area contributed by atoms with Crippen LogP contribution in [-0.4, -0.2) is 43.1 Å². The van der Waals surface area contributed by atoms with Crippen LogP contribution in [0.1, 0.15) is 32.1 Å². The van der Waals surface area contributed by atoms with E-state index in [0.29, 0.717) is 17.3 Å². The summed E-state index contributed by atoms with van der Waals surface area (Å²) in [6.45, 7) is -0.223. The van der Waals surface area contributed by atoms with Crippen LogP contribution in [-0.2, 0) is 14.9 Å². The van der Waals surface area contributed by atoms with Crippen LogP contribution in [0.4, 0.5) is 4.79 Å². The first kappa shape index (κ1) is 18.2. The molecule has 0 atom stereocenters. The van der Waals surface area contributed by atoms with E-state index in [1.807, 2.05) is 0 Å². The third kappa shape index (κ3) is 3.82. The largest absolute Gasteiger partial charge is 0.381 e. The Morgan fingerprint density at radius 3 is 2.52 bits per heavy atom. The summed E-state index contributed by atoms with van der Waals surface area (Å²) in [6.07, 6.45) is 4.01. The van der Waals surface area contributed by atoms with Crippen LogP contribution in [0.25, 0.3) is 0 Å². The molecule has 1 heterocycles. The number of urea groups is 1. The van der Waals surface area contributed by atoms with Crippen LogP contribution in [0.15, 0.2) is 28.7 Å². The van der Waals surface area contributed by atoms with Gasteiger partial charge < -0.3 is 9.50 Å². The summed E-state index contributed by atoms with van der Waals surface area (Å²) in [5, 5.41) is 2.76. The zero-order chi connectivity index (χ0) is 18.1. The summed E-state index contributed by atoms with van der Waals surface area (Å²) in [4.78, 5) is 25.8. The first-order valence-corrected chi connectivity index (χ1v) is 10.5. The van der Waals surface area contributed by atoms with Gasteiger partial charge in [0.25, 0.3) is 5.91 Å². The Morgan fingerprint density at radius 2 is 1.84 bits per heavy atom. The molecule has 3 amide bonds. The molecule has 0 radical (unpaired) electrons. The van der Waals surface area contributed by atoms with Gasteiger partial charge in [0.05, 0.1) is 4.47 Å². The maximum absolute atomic E-state index is 12.6. The molecule has 1 spiro atoms. The maximum atomic E-state index is 12.6. The van der Waals surface area contributed by atoms with Gasteiger partial charge in [0.15, 0.2) is 5.75 Å². The van der Waals surface area contributed by atoms with Crippen molar-refractivity contribution < 1.29 is 22.2 Å². The Hall–Kier alpha value is -1.61. The van der Waals surface area contributed by atoms with Gasteiger partial charge in [-0.2, -0.15) is 8.42 Å². The second kappa shape index (κ2) is 6.95. The quantitative estimate of drug-likeness (QED) is 0.571. The zero-order valence-electron chi connectivity index (χ0n) is 13.5. The van der Waals surface area contributed by atoms with Gasteiger partial charge >= 0.3 is 16.1 Å². The lowest BCUT2D eigenvalue weighted by molar-refractivity contribution is -0.132. The molecule has 9 heteroatoms. The lowest BCUT2D eigenvalue weighted by atomic mass is 9.82. The maximum Gasteiger partial charge on any atom is 0.325 e. The summed E-state index contributed by atoms with van der Waals surface area (Å²) >= 11 is 3.22. The molecule has 0 unspecified atom stereocenters. The number of nitrogens with one attached hydrogen (secondary N) is 1. The SMILES string of the molecule is O=C1NC2(CCCCC2)C(=O)N1CCS(=O)(=O)Oc1ccccc1Br.